The van der Waals surface area contributed by atoms with E-state index in [-0.39, 0.29) is 25.0 Å². The van der Waals surface area contributed by atoms with Gasteiger partial charge in [0.2, 0.25) is 0 Å². The number of carbonyl (C=O) groups is 2. The fourth-order valence-electron chi connectivity index (χ4n) is 2.27. The molecule has 110 valence electrons. The van der Waals surface area contributed by atoms with Crippen LogP contribution in [0.25, 0.3) is 0 Å². The summed E-state index contributed by atoms with van der Waals surface area (Å²) >= 11 is 1.45. The third kappa shape index (κ3) is 2.67. The number of imide groups is 1. The van der Waals surface area contributed by atoms with Crippen LogP contribution in [0.2, 0.25) is 0 Å². The number of carbonyl (C=O) groups excluding carboxylic acids is 2. The summed E-state index contributed by atoms with van der Waals surface area (Å²) in [6.45, 7) is 0.305. The molecule has 0 saturated heterocycles. The summed E-state index contributed by atoms with van der Waals surface area (Å²) in [7, 11) is 0. The van der Waals surface area contributed by atoms with Crippen molar-refractivity contribution in [3.63, 3.8) is 0 Å². The zero-order chi connectivity index (χ0) is 15.5. The molecule has 2 aromatic rings. The molecule has 2 heterocycles. The van der Waals surface area contributed by atoms with Crippen LogP contribution in [0.4, 0.5) is 0 Å². The predicted molar refractivity (Wildman–Crippen MR) is 83.5 cm³/mol. The van der Waals surface area contributed by atoms with Gasteiger partial charge in [-0.15, -0.1) is 11.3 Å². The van der Waals surface area contributed by atoms with Gasteiger partial charge in [0.05, 0.1) is 29.2 Å². The number of fused-ring (bicyclic) bond motifs is 1. The Labute approximate surface area is 132 Å². The van der Waals surface area contributed by atoms with Gasteiger partial charge in [0, 0.05) is 11.3 Å². The lowest BCUT2D eigenvalue weighted by atomic mass is 10.1. The summed E-state index contributed by atoms with van der Waals surface area (Å²) in [6, 6.07) is 10.6. The molecule has 22 heavy (non-hydrogen) atoms. The highest BCUT2D eigenvalue weighted by Crippen LogP contribution is 2.26. The molecule has 1 aromatic carbocycles. The molecule has 0 bridgehead atoms. The molecular formula is C17H13NO3S. The first-order valence-corrected chi connectivity index (χ1v) is 7.66. The lowest BCUT2D eigenvalue weighted by Gasteiger charge is -2.11. The van der Waals surface area contributed by atoms with Crippen molar-refractivity contribution < 1.29 is 14.7 Å². The monoisotopic (exact) mass is 311 g/mol. The Bertz CT molecular complexity index is 762. The molecule has 2 amide bonds. The van der Waals surface area contributed by atoms with E-state index in [4.69, 9.17) is 5.11 Å². The minimum Gasteiger partial charge on any atom is -0.395 e. The van der Waals surface area contributed by atoms with Gasteiger partial charge in [-0.25, -0.2) is 0 Å². The molecule has 0 unspecified atom stereocenters. The number of nitrogens with zero attached hydrogens (tertiary/aromatic N) is 1. The van der Waals surface area contributed by atoms with Gasteiger partial charge in [-0.1, -0.05) is 24.0 Å². The zero-order valence-corrected chi connectivity index (χ0v) is 12.5. The van der Waals surface area contributed by atoms with E-state index in [2.05, 4.69) is 11.8 Å². The van der Waals surface area contributed by atoms with Crippen LogP contribution in [0.1, 0.15) is 36.9 Å². The summed E-state index contributed by atoms with van der Waals surface area (Å²) in [6.07, 6.45) is 0.436. The Hall–Kier alpha value is -2.42. The molecule has 0 spiro atoms. The van der Waals surface area contributed by atoms with Crippen molar-refractivity contribution in [3.05, 3.63) is 57.3 Å². The minimum absolute atomic E-state index is 0.0419. The van der Waals surface area contributed by atoms with Crippen molar-refractivity contribution in [1.29, 1.82) is 0 Å². The van der Waals surface area contributed by atoms with Crippen molar-refractivity contribution >= 4 is 23.2 Å². The third-order valence-corrected chi connectivity index (χ3v) is 4.29. The van der Waals surface area contributed by atoms with Gasteiger partial charge in [-0.2, -0.15) is 0 Å². The second-order valence-electron chi connectivity index (χ2n) is 4.78. The second-order valence-corrected chi connectivity index (χ2v) is 5.95. The first kappa shape index (κ1) is 14.5. The number of rotatable bonds is 3. The van der Waals surface area contributed by atoms with Crippen LogP contribution in [-0.4, -0.2) is 28.4 Å². The van der Waals surface area contributed by atoms with Crippen LogP contribution in [0.15, 0.2) is 36.4 Å². The Morgan fingerprint density at radius 3 is 2.36 bits per heavy atom. The summed E-state index contributed by atoms with van der Waals surface area (Å²) in [5, 5.41) is 8.70. The average molecular weight is 311 g/mol. The van der Waals surface area contributed by atoms with Gasteiger partial charge in [-0.3, -0.25) is 14.5 Å². The average Bonchev–Trinajstić information content (AvgIpc) is 3.07. The molecule has 0 aliphatic carbocycles. The number of amides is 2. The molecule has 0 radical (unpaired) electrons. The van der Waals surface area contributed by atoms with E-state index < -0.39 is 0 Å². The quantitative estimate of drug-likeness (QED) is 0.699. The first-order chi connectivity index (χ1) is 10.7. The molecule has 1 aliphatic rings. The number of hydrogen-bond donors (Lipinski definition) is 1. The summed E-state index contributed by atoms with van der Waals surface area (Å²) in [5.74, 6) is 5.31. The molecule has 1 aromatic heterocycles. The standard InChI is InChI=1S/C17H13NO3S/c19-10-4-3-5-12-8-9-13(22-12)11-18-16(20)14-6-1-2-7-15(14)17(18)21/h1-2,6-9,19H,4,10-11H2. The van der Waals surface area contributed by atoms with Crippen LogP contribution < -0.4 is 0 Å². The molecule has 4 nitrogen and oxygen atoms in total. The number of hydrogen-bond acceptors (Lipinski definition) is 4. The fraction of sp³-hybridized carbons (Fsp3) is 0.176. The van der Waals surface area contributed by atoms with E-state index in [1.807, 2.05) is 12.1 Å². The van der Waals surface area contributed by atoms with Crippen molar-refractivity contribution in [2.75, 3.05) is 6.61 Å². The van der Waals surface area contributed by atoms with Gasteiger partial charge >= 0.3 is 0 Å². The lowest BCUT2D eigenvalue weighted by molar-refractivity contribution is 0.0644. The maximum absolute atomic E-state index is 12.3. The summed E-state index contributed by atoms with van der Waals surface area (Å²) in [5.41, 5.74) is 0.930. The maximum Gasteiger partial charge on any atom is 0.261 e. The normalized spacial score (nSPS) is 13.0. The van der Waals surface area contributed by atoms with E-state index in [9.17, 15) is 9.59 Å². The Balaban J connectivity index is 1.77. The SMILES string of the molecule is O=C1c2ccccc2C(=O)N1Cc1ccc(C#CCCO)s1. The molecule has 5 heteroatoms. The molecule has 1 aliphatic heterocycles. The van der Waals surface area contributed by atoms with Crippen LogP contribution in [0, 0.1) is 11.8 Å². The highest BCUT2D eigenvalue weighted by molar-refractivity contribution is 7.12. The number of aliphatic hydroxyl groups is 1. The van der Waals surface area contributed by atoms with E-state index in [1.54, 1.807) is 24.3 Å². The lowest BCUT2D eigenvalue weighted by Crippen LogP contribution is -2.28. The van der Waals surface area contributed by atoms with E-state index in [0.717, 1.165) is 9.75 Å². The molecule has 1 N–H and O–H groups in total. The fourth-order valence-corrected chi connectivity index (χ4v) is 3.15. The Kier molecular flexibility index (Phi) is 4.05. The minimum atomic E-state index is -0.248. The highest BCUT2D eigenvalue weighted by Gasteiger charge is 2.35. The Morgan fingerprint density at radius 1 is 1.05 bits per heavy atom. The maximum atomic E-state index is 12.3. The van der Waals surface area contributed by atoms with Crippen LogP contribution >= 0.6 is 11.3 Å². The predicted octanol–water partition coefficient (Wildman–Crippen LogP) is 2.28. The third-order valence-electron chi connectivity index (χ3n) is 3.30. The van der Waals surface area contributed by atoms with Crippen LogP contribution in [0.5, 0.6) is 0 Å². The van der Waals surface area contributed by atoms with Gasteiger partial charge in [0.1, 0.15) is 0 Å². The van der Waals surface area contributed by atoms with Gasteiger partial charge < -0.3 is 5.11 Å². The number of benzene rings is 1. The molecule has 3 rings (SSSR count). The van der Waals surface area contributed by atoms with Crippen molar-refractivity contribution in [2.24, 2.45) is 0 Å². The van der Waals surface area contributed by atoms with Crippen molar-refractivity contribution in [2.45, 2.75) is 13.0 Å². The van der Waals surface area contributed by atoms with Crippen LogP contribution in [0.3, 0.4) is 0 Å². The molecular weight excluding hydrogens is 298 g/mol. The first-order valence-electron chi connectivity index (χ1n) is 6.84. The molecule has 0 fully saturated rings. The van der Waals surface area contributed by atoms with Crippen molar-refractivity contribution in [1.82, 2.24) is 4.90 Å². The summed E-state index contributed by atoms with van der Waals surface area (Å²) in [4.78, 5) is 27.6. The second kappa shape index (κ2) is 6.14. The van der Waals surface area contributed by atoms with Gasteiger partial charge in [0.25, 0.3) is 11.8 Å². The molecule has 0 atom stereocenters. The van der Waals surface area contributed by atoms with Gasteiger partial charge in [0.15, 0.2) is 0 Å². The molecule has 0 saturated carbocycles. The smallest absolute Gasteiger partial charge is 0.261 e. The number of aliphatic hydroxyl groups excluding tert-OH is 1. The van der Waals surface area contributed by atoms with E-state index >= 15 is 0 Å². The Morgan fingerprint density at radius 2 is 1.73 bits per heavy atom. The van der Waals surface area contributed by atoms with E-state index in [1.165, 1.54) is 16.2 Å². The topological polar surface area (TPSA) is 57.6 Å². The van der Waals surface area contributed by atoms with E-state index in [0.29, 0.717) is 17.5 Å². The largest absolute Gasteiger partial charge is 0.395 e. The van der Waals surface area contributed by atoms with Gasteiger partial charge in [-0.05, 0) is 24.3 Å². The summed E-state index contributed by atoms with van der Waals surface area (Å²) < 4.78 is 0. The van der Waals surface area contributed by atoms with Crippen molar-refractivity contribution in [3.8, 4) is 11.8 Å². The number of thiophene rings is 1. The highest BCUT2D eigenvalue weighted by atomic mass is 32.1. The van der Waals surface area contributed by atoms with Crippen LogP contribution in [-0.2, 0) is 6.54 Å². The zero-order valence-electron chi connectivity index (χ0n) is 11.7.